The van der Waals surface area contributed by atoms with Gasteiger partial charge in [0.15, 0.2) is 0 Å². The Kier molecular flexibility index (Phi) is 2.88. The van der Waals surface area contributed by atoms with Crippen molar-refractivity contribution in [1.29, 1.82) is 0 Å². The van der Waals surface area contributed by atoms with E-state index in [0.29, 0.717) is 5.88 Å². The van der Waals surface area contributed by atoms with Crippen molar-refractivity contribution in [2.45, 2.75) is 13.5 Å². The number of aromatic nitrogens is 1. The summed E-state index contributed by atoms with van der Waals surface area (Å²) in [6.07, 6.45) is 0. The Morgan fingerprint density at radius 1 is 1.57 bits per heavy atom. The van der Waals surface area contributed by atoms with E-state index in [-0.39, 0.29) is 0 Å². The average molecular weight is 273 g/mol. The second kappa shape index (κ2) is 4.14. The minimum atomic E-state index is 0.715. The van der Waals surface area contributed by atoms with Gasteiger partial charge in [0.05, 0.1) is 16.0 Å². The highest BCUT2D eigenvalue weighted by Gasteiger charge is 2.01. The number of thiophene rings is 1. The molecule has 0 amide bonds. The van der Waals surface area contributed by atoms with Crippen molar-refractivity contribution in [1.82, 2.24) is 5.16 Å². The van der Waals surface area contributed by atoms with Gasteiger partial charge in [-0.3, -0.25) is 0 Å². The lowest BCUT2D eigenvalue weighted by atomic mass is 10.4. The van der Waals surface area contributed by atoms with Gasteiger partial charge < -0.3 is 9.84 Å². The zero-order valence-corrected chi connectivity index (χ0v) is 9.98. The monoisotopic (exact) mass is 272 g/mol. The maximum atomic E-state index is 5.02. The Hall–Kier alpha value is -0.810. The normalized spacial score (nSPS) is 10.4. The van der Waals surface area contributed by atoms with Crippen LogP contribution in [0.25, 0.3) is 0 Å². The lowest BCUT2D eigenvalue weighted by Gasteiger charge is -1.97. The van der Waals surface area contributed by atoms with Crippen LogP contribution in [0.2, 0.25) is 0 Å². The topological polar surface area (TPSA) is 38.1 Å². The van der Waals surface area contributed by atoms with E-state index in [1.165, 1.54) is 4.88 Å². The van der Waals surface area contributed by atoms with Crippen LogP contribution in [0.15, 0.2) is 26.5 Å². The largest absolute Gasteiger partial charge is 0.349 e. The number of rotatable bonds is 3. The molecule has 14 heavy (non-hydrogen) atoms. The molecule has 2 rings (SSSR count). The lowest BCUT2D eigenvalue weighted by Crippen LogP contribution is -1.95. The van der Waals surface area contributed by atoms with Gasteiger partial charge >= 0.3 is 0 Å². The highest BCUT2D eigenvalue weighted by atomic mass is 79.9. The Labute approximate surface area is 94.2 Å². The van der Waals surface area contributed by atoms with Gasteiger partial charge in [0, 0.05) is 10.9 Å². The first-order chi connectivity index (χ1) is 6.74. The van der Waals surface area contributed by atoms with Gasteiger partial charge in [0.1, 0.15) is 0 Å². The summed E-state index contributed by atoms with van der Waals surface area (Å²) in [5.41, 5.74) is 0.889. The van der Waals surface area contributed by atoms with Gasteiger partial charge in [-0.15, -0.1) is 11.3 Å². The third-order valence-electron chi connectivity index (χ3n) is 1.69. The van der Waals surface area contributed by atoms with E-state index in [9.17, 15) is 0 Å². The van der Waals surface area contributed by atoms with Crippen molar-refractivity contribution < 1.29 is 4.52 Å². The van der Waals surface area contributed by atoms with Crippen LogP contribution in [0.4, 0.5) is 5.88 Å². The molecule has 0 spiro atoms. The maximum Gasteiger partial charge on any atom is 0.225 e. The molecular formula is C9H9BrN2OS. The molecule has 2 aromatic heterocycles. The standard InChI is InChI=1S/C9H9BrN2OS/c1-6-4-9(13-12-6)11-5-7-2-3-8(10)14-7/h2-4,11H,5H2,1H3. The van der Waals surface area contributed by atoms with Crippen molar-refractivity contribution in [3.05, 3.63) is 32.6 Å². The summed E-state index contributed by atoms with van der Waals surface area (Å²) in [6, 6.07) is 5.99. The molecule has 0 radical (unpaired) electrons. The molecule has 2 heterocycles. The summed E-state index contributed by atoms with van der Waals surface area (Å²) in [5.74, 6) is 0.715. The van der Waals surface area contributed by atoms with Crippen molar-refractivity contribution in [3.8, 4) is 0 Å². The molecule has 0 saturated carbocycles. The number of anilines is 1. The molecule has 0 fully saturated rings. The summed E-state index contributed by atoms with van der Waals surface area (Å²) in [5, 5.41) is 6.95. The van der Waals surface area contributed by atoms with E-state index in [0.717, 1.165) is 16.0 Å². The van der Waals surface area contributed by atoms with Crippen molar-refractivity contribution >= 4 is 33.2 Å². The summed E-state index contributed by atoms with van der Waals surface area (Å²) < 4.78 is 6.17. The molecule has 0 aliphatic heterocycles. The highest BCUT2D eigenvalue weighted by Crippen LogP contribution is 2.22. The maximum absolute atomic E-state index is 5.02. The van der Waals surface area contributed by atoms with Crippen LogP contribution in [0.5, 0.6) is 0 Å². The second-order valence-corrected chi connectivity index (χ2v) is 5.44. The molecule has 1 N–H and O–H groups in total. The van der Waals surface area contributed by atoms with Gasteiger partial charge in [-0.05, 0) is 35.0 Å². The van der Waals surface area contributed by atoms with Crippen LogP contribution < -0.4 is 5.32 Å². The molecule has 0 aliphatic carbocycles. The van der Waals surface area contributed by atoms with Gasteiger partial charge in [-0.2, -0.15) is 0 Å². The lowest BCUT2D eigenvalue weighted by molar-refractivity contribution is 0.427. The fourth-order valence-electron chi connectivity index (χ4n) is 1.07. The van der Waals surface area contributed by atoms with E-state index >= 15 is 0 Å². The predicted molar refractivity (Wildman–Crippen MR) is 60.6 cm³/mol. The van der Waals surface area contributed by atoms with Gasteiger partial charge in [0.2, 0.25) is 5.88 Å². The first kappa shape index (κ1) is 9.73. The first-order valence-electron chi connectivity index (χ1n) is 4.15. The van der Waals surface area contributed by atoms with Crippen molar-refractivity contribution in [2.75, 3.05) is 5.32 Å². The van der Waals surface area contributed by atoms with Crippen molar-refractivity contribution in [3.63, 3.8) is 0 Å². The Balaban J connectivity index is 1.94. The van der Waals surface area contributed by atoms with Crippen LogP contribution >= 0.6 is 27.3 Å². The number of halogens is 1. The van der Waals surface area contributed by atoms with E-state index in [2.05, 4.69) is 32.5 Å². The quantitative estimate of drug-likeness (QED) is 0.931. The third kappa shape index (κ3) is 2.36. The fourth-order valence-corrected chi connectivity index (χ4v) is 2.49. The molecule has 74 valence electrons. The molecule has 0 aromatic carbocycles. The Morgan fingerprint density at radius 2 is 2.43 bits per heavy atom. The van der Waals surface area contributed by atoms with Crippen LogP contribution in [-0.4, -0.2) is 5.16 Å². The highest BCUT2D eigenvalue weighted by molar-refractivity contribution is 9.11. The molecule has 0 bridgehead atoms. The van der Waals surface area contributed by atoms with Gasteiger partial charge in [-0.25, -0.2) is 0 Å². The van der Waals surface area contributed by atoms with Crippen LogP contribution in [-0.2, 0) is 6.54 Å². The Morgan fingerprint density at radius 3 is 3.00 bits per heavy atom. The fraction of sp³-hybridized carbons (Fsp3) is 0.222. The minimum absolute atomic E-state index is 0.715. The second-order valence-electron chi connectivity index (χ2n) is 2.89. The zero-order valence-electron chi connectivity index (χ0n) is 7.58. The van der Waals surface area contributed by atoms with Crippen LogP contribution in [0, 0.1) is 6.92 Å². The molecular weight excluding hydrogens is 264 g/mol. The van der Waals surface area contributed by atoms with Gasteiger partial charge in [-0.1, -0.05) is 5.16 Å². The average Bonchev–Trinajstić information content (AvgIpc) is 2.72. The van der Waals surface area contributed by atoms with E-state index in [1.807, 2.05) is 19.1 Å². The zero-order chi connectivity index (χ0) is 9.97. The summed E-state index contributed by atoms with van der Waals surface area (Å²) in [7, 11) is 0. The molecule has 0 unspecified atom stereocenters. The number of hydrogen-bond acceptors (Lipinski definition) is 4. The van der Waals surface area contributed by atoms with Gasteiger partial charge in [0.25, 0.3) is 0 Å². The van der Waals surface area contributed by atoms with E-state index < -0.39 is 0 Å². The summed E-state index contributed by atoms with van der Waals surface area (Å²) in [6.45, 7) is 2.67. The molecule has 2 aromatic rings. The first-order valence-corrected chi connectivity index (χ1v) is 5.76. The molecule has 0 atom stereocenters. The van der Waals surface area contributed by atoms with E-state index in [1.54, 1.807) is 11.3 Å². The Bertz CT molecular complexity index is 384. The summed E-state index contributed by atoms with van der Waals surface area (Å²) in [4.78, 5) is 1.26. The predicted octanol–water partition coefficient (Wildman–Crippen LogP) is 3.42. The number of nitrogens with one attached hydrogen (secondary N) is 1. The SMILES string of the molecule is Cc1cc(NCc2ccc(Br)s2)on1. The van der Waals surface area contributed by atoms with Crippen LogP contribution in [0.3, 0.4) is 0 Å². The summed E-state index contributed by atoms with van der Waals surface area (Å²) >= 11 is 5.12. The number of aryl methyl sites for hydroxylation is 1. The molecule has 0 saturated heterocycles. The minimum Gasteiger partial charge on any atom is -0.349 e. The number of nitrogens with zero attached hydrogens (tertiary/aromatic N) is 1. The van der Waals surface area contributed by atoms with E-state index in [4.69, 9.17) is 4.52 Å². The van der Waals surface area contributed by atoms with Crippen LogP contribution in [0.1, 0.15) is 10.6 Å². The third-order valence-corrected chi connectivity index (χ3v) is 3.32. The molecule has 3 nitrogen and oxygen atoms in total. The molecule has 5 heteroatoms. The molecule has 0 aliphatic rings. The number of hydrogen-bond donors (Lipinski definition) is 1. The smallest absolute Gasteiger partial charge is 0.225 e. The van der Waals surface area contributed by atoms with Crippen molar-refractivity contribution in [2.24, 2.45) is 0 Å².